The third-order valence-electron chi connectivity index (χ3n) is 2.62. The minimum atomic E-state index is -1.88. The molecule has 0 radical (unpaired) electrons. The molecule has 0 amide bonds. The fourth-order valence-corrected chi connectivity index (χ4v) is 1.70. The van der Waals surface area contributed by atoms with Gasteiger partial charge in [0.2, 0.25) is 0 Å². The van der Waals surface area contributed by atoms with Gasteiger partial charge in [-0.2, -0.15) is 5.10 Å². The number of H-pyrrole nitrogens is 1. The van der Waals surface area contributed by atoms with Gasteiger partial charge in [0.1, 0.15) is 29.4 Å². The maximum atomic E-state index is 13.6. The average Bonchev–Trinajstić information content (AvgIpc) is 2.81. The Morgan fingerprint density at radius 1 is 1.33 bits per heavy atom. The summed E-state index contributed by atoms with van der Waals surface area (Å²) in [5.41, 5.74) is -2.07. The average molecular weight is 255 g/mol. The lowest BCUT2D eigenvalue weighted by Gasteiger charge is -2.25. The number of hydrogen-bond donors (Lipinski definition) is 3. The van der Waals surface area contributed by atoms with E-state index in [2.05, 4.69) is 15.2 Å². The molecular weight excluding hydrogens is 244 g/mol. The van der Waals surface area contributed by atoms with Crippen LogP contribution < -0.4 is 0 Å². The third kappa shape index (κ3) is 2.36. The van der Waals surface area contributed by atoms with Crippen molar-refractivity contribution in [2.75, 3.05) is 6.61 Å². The Morgan fingerprint density at radius 2 is 2.11 bits per heavy atom. The van der Waals surface area contributed by atoms with E-state index in [1.54, 1.807) is 0 Å². The molecule has 1 aromatic carbocycles. The number of aliphatic hydroxyl groups excluding tert-OH is 1. The van der Waals surface area contributed by atoms with Crippen molar-refractivity contribution in [1.82, 2.24) is 15.2 Å². The van der Waals surface area contributed by atoms with Crippen molar-refractivity contribution in [2.45, 2.75) is 12.0 Å². The highest BCUT2D eigenvalue weighted by Crippen LogP contribution is 2.27. The van der Waals surface area contributed by atoms with Gasteiger partial charge in [0.05, 0.1) is 6.61 Å². The molecule has 0 aliphatic carbocycles. The summed E-state index contributed by atoms with van der Waals surface area (Å²) < 4.78 is 26.4. The summed E-state index contributed by atoms with van der Waals surface area (Å²) in [6.45, 7) is -0.726. The van der Waals surface area contributed by atoms with Crippen molar-refractivity contribution in [1.29, 1.82) is 0 Å². The Hall–Kier alpha value is -1.86. The Labute approximate surface area is 101 Å². The van der Waals surface area contributed by atoms with Crippen LogP contribution in [0.25, 0.3) is 0 Å². The number of benzene rings is 1. The predicted octanol–water partition coefficient (Wildman–Crippen LogP) is 0.505. The van der Waals surface area contributed by atoms with Crippen LogP contribution in [0.2, 0.25) is 0 Å². The smallest absolute Gasteiger partial charge is 0.137 e. The second-order valence-corrected chi connectivity index (χ2v) is 3.92. The van der Waals surface area contributed by atoms with E-state index in [-0.39, 0.29) is 17.8 Å². The monoisotopic (exact) mass is 255 g/mol. The van der Waals surface area contributed by atoms with E-state index < -0.39 is 23.8 Å². The van der Waals surface area contributed by atoms with Crippen molar-refractivity contribution < 1.29 is 19.0 Å². The molecule has 0 saturated carbocycles. The fraction of sp³-hybridized carbons (Fsp3) is 0.273. The van der Waals surface area contributed by atoms with Crippen molar-refractivity contribution >= 4 is 0 Å². The molecule has 0 saturated heterocycles. The molecule has 0 fully saturated rings. The number of rotatable bonds is 4. The molecule has 7 heteroatoms. The lowest BCUT2D eigenvalue weighted by molar-refractivity contribution is -0.0230. The zero-order valence-corrected chi connectivity index (χ0v) is 9.27. The highest BCUT2D eigenvalue weighted by Gasteiger charge is 2.33. The van der Waals surface area contributed by atoms with Crippen LogP contribution in [0.15, 0.2) is 24.5 Å². The van der Waals surface area contributed by atoms with Gasteiger partial charge in [0, 0.05) is 18.1 Å². The zero-order valence-electron chi connectivity index (χ0n) is 9.27. The van der Waals surface area contributed by atoms with Gasteiger partial charge in [-0.15, -0.1) is 0 Å². The molecule has 1 atom stereocenters. The molecule has 1 aromatic heterocycles. The van der Waals surface area contributed by atoms with Crippen molar-refractivity contribution in [3.05, 3.63) is 47.5 Å². The van der Waals surface area contributed by atoms with Gasteiger partial charge in [-0.3, -0.25) is 5.10 Å². The van der Waals surface area contributed by atoms with Crippen LogP contribution in [-0.4, -0.2) is 32.0 Å². The van der Waals surface area contributed by atoms with Gasteiger partial charge in [-0.1, -0.05) is 6.07 Å². The van der Waals surface area contributed by atoms with Crippen LogP contribution in [0.1, 0.15) is 11.4 Å². The number of aromatic amines is 1. The van der Waals surface area contributed by atoms with E-state index in [9.17, 15) is 19.0 Å². The number of halogens is 2. The Morgan fingerprint density at radius 3 is 2.67 bits per heavy atom. The van der Waals surface area contributed by atoms with Gasteiger partial charge >= 0.3 is 0 Å². The molecule has 3 N–H and O–H groups in total. The molecule has 0 spiro atoms. The Balaban J connectivity index is 2.36. The summed E-state index contributed by atoms with van der Waals surface area (Å²) in [4.78, 5) is 3.79. The van der Waals surface area contributed by atoms with Crippen LogP contribution in [-0.2, 0) is 12.0 Å². The molecule has 0 bridgehead atoms. The summed E-state index contributed by atoms with van der Waals surface area (Å²) in [6, 6.07) is 2.76. The summed E-state index contributed by atoms with van der Waals surface area (Å²) in [5.74, 6) is -1.39. The molecule has 2 aromatic rings. The quantitative estimate of drug-likeness (QED) is 0.743. The van der Waals surface area contributed by atoms with E-state index in [1.165, 1.54) is 6.33 Å². The van der Waals surface area contributed by atoms with Crippen molar-refractivity contribution in [2.24, 2.45) is 0 Å². The fourth-order valence-electron chi connectivity index (χ4n) is 1.70. The first-order valence-corrected chi connectivity index (χ1v) is 5.18. The summed E-state index contributed by atoms with van der Waals surface area (Å²) in [5, 5.41) is 25.6. The first kappa shape index (κ1) is 12.6. The lowest BCUT2D eigenvalue weighted by atomic mass is 9.90. The molecule has 18 heavy (non-hydrogen) atoms. The van der Waals surface area contributed by atoms with E-state index in [4.69, 9.17) is 0 Å². The van der Waals surface area contributed by atoms with Crippen LogP contribution >= 0.6 is 0 Å². The maximum absolute atomic E-state index is 13.6. The molecule has 2 rings (SSSR count). The summed E-state index contributed by atoms with van der Waals surface area (Å²) in [6.07, 6.45) is 1.07. The molecule has 1 heterocycles. The normalized spacial score (nSPS) is 14.4. The number of nitrogens with zero attached hydrogens (tertiary/aromatic N) is 2. The first-order valence-electron chi connectivity index (χ1n) is 5.18. The van der Waals surface area contributed by atoms with Gasteiger partial charge in [-0.05, 0) is 6.07 Å². The van der Waals surface area contributed by atoms with Crippen LogP contribution in [0, 0.1) is 11.6 Å². The van der Waals surface area contributed by atoms with E-state index in [1.807, 2.05) is 0 Å². The Bertz CT molecular complexity index is 533. The predicted molar refractivity (Wildman–Crippen MR) is 57.4 cm³/mol. The molecule has 96 valence electrons. The molecule has 0 aliphatic heterocycles. The molecule has 1 unspecified atom stereocenters. The standard InChI is InChI=1S/C11H11F2N3O2/c12-7-1-2-8(9(13)3-7)11(18,5-17)4-10-14-6-15-16-10/h1-3,6,17-18H,4-5H2,(H,14,15,16). The lowest BCUT2D eigenvalue weighted by Crippen LogP contribution is -2.34. The van der Waals surface area contributed by atoms with E-state index in [0.29, 0.717) is 6.07 Å². The Kier molecular flexibility index (Phi) is 3.35. The largest absolute Gasteiger partial charge is 0.393 e. The number of hydrogen-bond acceptors (Lipinski definition) is 4. The number of nitrogens with one attached hydrogen (secondary N) is 1. The third-order valence-corrected chi connectivity index (χ3v) is 2.62. The van der Waals surface area contributed by atoms with Crippen molar-refractivity contribution in [3.63, 3.8) is 0 Å². The van der Waals surface area contributed by atoms with Crippen LogP contribution in [0.5, 0.6) is 0 Å². The second kappa shape index (κ2) is 4.79. The molecular formula is C11H11F2N3O2. The van der Waals surface area contributed by atoms with E-state index in [0.717, 1.165) is 12.1 Å². The van der Waals surface area contributed by atoms with Crippen LogP contribution in [0.4, 0.5) is 8.78 Å². The van der Waals surface area contributed by atoms with Gasteiger partial charge < -0.3 is 10.2 Å². The van der Waals surface area contributed by atoms with E-state index >= 15 is 0 Å². The zero-order chi connectivity index (χ0) is 13.2. The molecule has 0 aliphatic rings. The van der Waals surface area contributed by atoms with Crippen LogP contribution in [0.3, 0.4) is 0 Å². The van der Waals surface area contributed by atoms with Gasteiger partial charge in [-0.25, -0.2) is 13.8 Å². The number of aliphatic hydroxyl groups is 2. The summed E-state index contributed by atoms with van der Waals surface area (Å²) >= 11 is 0. The van der Waals surface area contributed by atoms with Crippen molar-refractivity contribution in [3.8, 4) is 0 Å². The minimum Gasteiger partial charge on any atom is -0.393 e. The number of aromatic nitrogens is 3. The first-order chi connectivity index (χ1) is 8.55. The minimum absolute atomic E-state index is 0.161. The summed E-state index contributed by atoms with van der Waals surface area (Å²) in [7, 11) is 0. The maximum Gasteiger partial charge on any atom is 0.137 e. The van der Waals surface area contributed by atoms with Gasteiger partial charge in [0.15, 0.2) is 0 Å². The second-order valence-electron chi connectivity index (χ2n) is 3.92. The molecule has 5 nitrogen and oxygen atoms in total. The highest BCUT2D eigenvalue weighted by atomic mass is 19.1. The topological polar surface area (TPSA) is 82.0 Å². The highest BCUT2D eigenvalue weighted by molar-refractivity contribution is 5.26. The SMILES string of the molecule is OCC(O)(Cc1ncn[nH]1)c1ccc(F)cc1F. The van der Waals surface area contributed by atoms with Gasteiger partial charge in [0.25, 0.3) is 0 Å².